The SMILES string of the molecule is Cc1cccc(OCC(C)NC(=O)C2CCCC2O)c1. The number of hydrogen-bond donors (Lipinski definition) is 2. The lowest BCUT2D eigenvalue weighted by molar-refractivity contribution is -0.128. The highest BCUT2D eigenvalue weighted by molar-refractivity contribution is 5.79. The fraction of sp³-hybridized carbons (Fsp3) is 0.562. The third-order valence-corrected chi connectivity index (χ3v) is 3.69. The predicted molar refractivity (Wildman–Crippen MR) is 77.6 cm³/mol. The second kappa shape index (κ2) is 6.75. The van der Waals surface area contributed by atoms with Crippen LogP contribution in [0.1, 0.15) is 31.7 Å². The molecule has 0 saturated heterocycles. The van der Waals surface area contributed by atoms with Crippen molar-refractivity contribution in [2.45, 2.75) is 45.3 Å². The summed E-state index contributed by atoms with van der Waals surface area (Å²) in [4.78, 5) is 12.0. The second-order valence-corrected chi connectivity index (χ2v) is 5.64. The average molecular weight is 277 g/mol. The van der Waals surface area contributed by atoms with Crippen molar-refractivity contribution in [3.8, 4) is 5.75 Å². The molecule has 0 bridgehead atoms. The summed E-state index contributed by atoms with van der Waals surface area (Å²) in [5.74, 6) is 0.499. The predicted octanol–water partition coefficient (Wildman–Crippen LogP) is 2.04. The number of nitrogens with one attached hydrogen (secondary N) is 1. The van der Waals surface area contributed by atoms with Crippen molar-refractivity contribution >= 4 is 5.91 Å². The van der Waals surface area contributed by atoms with Gasteiger partial charge in [-0.15, -0.1) is 0 Å². The lowest BCUT2D eigenvalue weighted by Gasteiger charge is -2.19. The van der Waals surface area contributed by atoms with Gasteiger partial charge in [-0.3, -0.25) is 4.79 Å². The Kier molecular flexibility index (Phi) is 5.01. The van der Waals surface area contributed by atoms with E-state index < -0.39 is 6.10 Å². The summed E-state index contributed by atoms with van der Waals surface area (Å²) in [6.07, 6.45) is 1.94. The minimum absolute atomic E-state index is 0.0599. The molecule has 1 saturated carbocycles. The first-order chi connectivity index (χ1) is 9.56. The second-order valence-electron chi connectivity index (χ2n) is 5.64. The molecule has 4 heteroatoms. The fourth-order valence-corrected chi connectivity index (χ4v) is 2.56. The zero-order chi connectivity index (χ0) is 14.5. The monoisotopic (exact) mass is 277 g/mol. The highest BCUT2D eigenvalue weighted by atomic mass is 16.5. The first kappa shape index (κ1) is 14.9. The average Bonchev–Trinajstić information content (AvgIpc) is 2.83. The van der Waals surface area contributed by atoms with Gasteiger partial charge in [0.05, 0.1) is 18.1 Å². The molecule has 1 aliphatic carbocycles. The van der Waals surface area contributed by atoms with Crippen LogP contribution in [0.2, 0.25) is 0 Å². The summed E-state index contributed by atoms with van der Waals surface area (Å²) in [6.45, 7) is 4.35. The van der Waals surface area contributed by atoms with Crippen LogP contribution >= 0.6 is 0 Å². The van der Waals surface area contributed by atoms with Crippen LogP contribution in [-0.2, 0) is 4.79 Å². The molecule has 20 heavy (non-hydrogen) atoms. The van der Waals surface area contributed by atoms with E-state index in [1.807, 2.05) is 38.1 Å². The van der Waals surface area contributed by atoms with E-state index in [9.17, 15) is 9.90 Å². The van der Waals surface area contributed by atoms with Gasteiger partial charge in [0.1, 0.15) is 12.4 Å². The highest BCUT2D eigenvalue weighted by Crippen LogP contribution is 2.25. The first-order valence-corrected chi connectivity index (χ1v) is 7.24. The van der Waals surface area contributed by atoms with Crippen molar-refractivity contribution < 1.29 is 14.6 Å². The van der Waals surface area contributed by atoms with Gasteiger partial charge in [0.25, 0.3) is 0 Å². The summed E-state index contributed by atoms with van der Waals surface area (Å²) >= 11 is 0. The highest BCUT2D eigenvalue weighted by Gasteiger charge is 2.31. The van der Waals surface area contributed by atoms with Crippen LogP contribution in [0.5, 0.6) is 5.75 Å². The van der Waals surface area contributed by atoms with Gasteiger partial charge < -0.3 is 15.2 Å². The van der Waals surface area contributed by atoms with E-state index in [1.54, 1.807) is 0 Å². The van der Waals surface area contributed by atoms with Gasteiger partial charge in [-0.25, -0.2) is 0 Å². The van der Waals surface area contributed by atoms with Crippen LogP contribution in [0, 0.1) is 12.8 Å². The third kappa shape index (κ3) is 3.97. The maximum absolute atomic E-state index is 12.0. The topological polar surface area (TPSA) is 58.6 Å². The Bertz CT molecular complexity index is 461. The molecule has 1 fully saturated rings. The van der Waals surface area contributed by atoms with Gasteiger partial charge in [-0.1, -0.05) is 12.1 Å². The van der Waals surface area contributed by atoms with Gasteiger partial charge in [0, 0.05) is 0 Å². The first-order valence-electron chi connectivity index (χ1n) is 7.24. The normalized spacial score (nSPS) is 23.4. The Labute approximate surface area is 120 Å². The minimum Gasteiger partial charge on any atom is -0.491 e. The smallest absolute Gasteiger partial charge is 0.226 e. The molecule has 1 aliphatic rings. The number of aliphatic hydroxyl groups excluding tert-OH is 1. The number of aryl methyl sites for hydroxylation is 1. The number of carbonyl (C=O) groups excluding carboxylic acids is 1. The molecule has 0 aromatic heterocycles. The number of carbonyl (C=O) groups is 1. The maximum Gasteiger partial charge on any atom is 0.226 e. The minimum atomic E-state index is -0.486. The summed E-state index contributed by atoms with van der Waals surface area (Å²) in [5, 5.41) is 12.6. The van der Waals surface area contributed by atoms with E-state index in [-0.39, 0.29) is 17.9 Å². The van der Waals surface area contributed by atoms with E-state index in [4.69, 9.17) is 4.74 Å². The number of ether oxygens (including phenoxy) is 1. The Morgan fingerprint density at radius 2 is 2.30 bits per heavy atom. The van der Waals surface area contributed by atoms with E-state index >= 15 is 0 Å². The fourth-order valence-electron chi connectivity index (χ4n) is 2.56. The summed E-state index contributed by atoms with van der Waals surface area (Å²) < 4.78 is 5.66. The van der Waals surface area contributed by atoms with Crippen molar-refractivity contribution in [1.82, 2.24) is 5.32 Å². The molecule has 0 radical (unpaired) electrons. The molecule has 3 unspecified atom stereocenters. The van der Waals surface area contributed by atoms with Crippen molar-refractivity contribution in [2.75, 3.05) is 6.61 Å². The molecule has 0 aliphatic heterocycles. The molecule has 110 valence electrons. The van der Waals surface area contributed by atoms with E-state index in [1.165, 1.54) is 0 Å². The van der Waals surface area contributed by atoms with Gasteiger partial charge in [0.2, 0.25) is 5.91 Å². The van der Waals surface area contributed by atoms with Gasteiger partial charge in [-0.05, 0) is 50.8 Å². The quantitative estimate of drug-likeness (QED) is 0.866. The Morgan fingerprint density at radius 3 is 2.95 bits per heavy atom. The van der Waals surface area contributed by atoms with Gasteiger partial charge in [-0.2, -0.15) is 0 Å². The zero-order valence-electron chi connectivity index (χ0n) is 12.1. The standard InChI is InChI=1S/C16H23NO3/c1-11-5-3-6-13(9-11)20-10-12(2)17-16(19)14-7-4-8-15(14)18/h3,5-6,9,12,14-15,18H,4,7-8,10H2,1-2H3,(H,17,19). The Hall–Kier alpha value is -1.55. The molecule has 0 spiro atoms. The number of rotatable bonds is 5. The summed E-state index contributed by atoms with van der Waals surface area (Å²) in [5.41, 5.74) is 1.15. The van der Waals surface area contributed by atoms with Crippen molar-refractivity contribution in [1.29, 1.82) is 0 Å². The molecule has 0 heterocycles. The molecular weight excluding hydrogens is 254 g/mol. The molecule has 2 rings (SSSR count). The Balaban J connectivity index is 1.77. The van der Waals surface area contributed by atoms with E-state index in [0.29, 0.717) is 6.61 Å². The van der Waals surface area contributed by atoms with Crippen LogP contribution in [-0.4, -0.2) is 29.8 Å². The van der Waals surface area contributed by atoms with Gasteiger partial charge in [0.15, 0.2) is 0 Å². The van der Waals surface area contributed by atoms with Crippen LogP contribution < -0.4 is 10.1 Å². The Morgan fingerprint density at radius 1 is 1.50 bits per heavy atom. The zero-order valence-corrected chi connectivity index (χ0v) is 12.1. The number of benzene rings is 1. The van der Waals surface area contributed by atoms with Crippen molar-refractivity contribution in [2.24, 2.45) is 5.92 Å². The van der Waals surface area contributed by atoms with Crippen LogP contribution in [0.15, 0.2) is 24.3 Å². The van der Waals surface area contributed by atoms with E-state index in [2.05, 4.69) is 5.32 Å². The van der Waals surface area contributed by atoms with Crippen molar-refractivity contribution in [3.05, 3.63) is 29.8 Å². The lowest BCUT2D eigenvalue weighted by atomic mass is 10.1. The molecule has 1 amide bonds. The van der Waals surface area contributed by atoms with Crippen LogP contribution in [0.25, 0.3) is 0 Å². The molecule has 1 aromatic carbocycles. The van der Waals surface area contributed by atoms with Crippen LogP contribution in [0.4, 0.5) is 0 Å². The summed E-state index contributed by atoms with van der Waals surface area (Å²) in [7, 11) is 0. The summed E-state index contributed by atoms with van der Waals surface area (Å²) in [6, 6.07) is 7.76. The molecule has 1 aromatic rings. The number of amides is 1. The molecule has 3 atom stereocenters. The van der Waals surface area contributed by atoms with Gasteiger partial charge >= 0.3 is 0 Å². The number of aliphatic hydroxyl groups is 1. The maximum atomic E-state index is 12.0. The molecule has 4 nitrogen and oxygen atoms in total. The molecular formula is C16H23NO3. The van der Waals surface area contributed by atoms with E-state index in [0.717, 1.165) is 30.6 Å². The number of hydrogen-bond acceptors (Lipinski definition) is 3. The largest absolute Gasteiger partial charge is 0.491 e. The van der Waals surface area contributed by atoms with Crippen LogP contribution in [0.3, 0.4) is 0 Å². The lowest BCUT2D eigenvalue weighted by Crippen LogP contribution is -2.42. The van der Waals surface area contributed by atoms with Crippen molar-refractivity contribution in [3.63, 3.8) is 0 Å². The third-order valence-electron chi connectivity index (χ3n) is 3.69. The molecule has 2 N–H and O–H groups in total.